The summed E-state index contributed by atoms with van der Waals surface area (Å²) in [6.45, 7) is 1.12. The van der Waals surface area contributed by atoms with Gasteiger partial charge in [-0.05, 0) is 33.0 Å². The number of halogens is 2. The molecule has 6 heteroatoms. The fourth-order valence-corrected chi connectivity index (χ4v) is 1.81. The molecule has 0 aliphatic carbocycles. The van der Waals surface area contributed by atoms with Crippen LogP contribution in [0, 0.1) is 5.92 Å². The first kappa shape index (κ1) is 12.3. The lowest BCUT2D eigenvalue weighted by atomic mass is 9.87. The fourth-order valence-electron chi connectivity index (χ4n) is 1.81. The number of aliphatic carboxylic acids is 1. The molecular weight excluding hydrogens is 206 g/mol. The molecule has 0 saturated carbocycles. The lowest BCUT2D eigenvalue weighted by Crippen LogP contribution is -2.53. The van der Waals surface area contributed by atoms with Gasteiger partial charge in [0.05, 0.1) is 0 Å². The van der Waals surface area contributed by atoms with E-state index in [1.807, 2.05) is 11.9 Å². The van der Waals surface area contributed by atoms with Gasteiger partial charge in [-0.1, -0.05) is 0 Å². The summed E-state index contributed by atoms with van der Waals surface area (Å²) in [5, 5.41) is 8.48. The number of carboxylic acids is 1. The number of carboxylic acid groups (broad SMARTS) is 1. The highest BCUT2D eigenvalue weighted by atomic mass is 19.3. The zero-order valence-electron chi connectivity index (χ0n) is 8.62. The van der Waals surface area contributed by atoms with E-state index in [2.05, 4.69) is 0 Å². The second-order valence-corrected chi connectivity index (χ2v) is 4.07. The summed E-state index contributed by atoms with van der Waals surface area (Å²) in [6, 6.07) is -2.09. The van der Waals surface area contributed by atoms with Gasteiger partial charge in [-0.25, -0.2) is 8.78 Å². The van der Waals surface area contributed by atoms with Gasteiger partial charge in [0.1, 0.15) is 0 Å². The molecular formula is C9H16F2N2O2. The number of rotatable bonds is 3. The molecule has 1 saturated heterocycles. The molecule has 0 aromatic carbocycles. The molecule has 1 rings (SSSR count). The monoisotopic (exact) mass is 222 g/mol. The highest BCUT2D eigenvalue weighted by Crippen LogP contribution is 2.34. The largest absolute Gasteiger partial charge is 0.480 e. The fraction of sp³-hybridized carbons (Fsp3) is 0.889. The van der Waals surface area contributed by atoms with Crippen molar-refractivity contribution in [2.45, 2.75) is 24.8 Å². The number of carbonyl (C=O) groups is 1. The van der Waals surface area contributed by atoms with E-state index in [1.54, 1.807) is 0 Å². The van der Waals surface area contributed by atoms with Crippen LogP contribution in [0.3, 0.4) is 0 Å². The van der Waals surface area contributed by atoms with Crippen molar-refractivity contribution in [3.05, 3.63) is 0 Å². The number of nitrogens with two attached hydrogens (primary N) is 1. The van der Waals surface area contributed by atoms with Crippen LogP contribution in [-0.2, 0) is 4.79 Å². The van der Waals surface area contributed by atoms with Crippen LogP contribution in [0.5, 0.6) is 0 Å². The average Bonchev–Trinajstić information content (AvgIpc) is 2.17. The van der Waals surface area contributed by atoms with E-state index >= 15 is 0 Å². The van der Waals surface area contributed by atoms with Crippen molar-refractivity contribution in [3.8, 4) is 0 Å². The van der Waals surface area contributed by atoms with Gasteiger partial charge >= 0.3 is 5.97 Å². The minimum absolute atomic E-state index is 0.296. The van der Waals surface area contributed by atoms with Gasteiger partial charge in [-0.15, -0.1) is 0 Å². The summed E-state index contributed by atoms with van der Waals surface area (Å²) in [5.41, 5.74) is 5.00. The number of alkyl halides is 2. The van der Waals surface area contributed by atoms with Crippen LogP contribution >= 0.6 is 0 Å². The number of hydrogen-bond donors (Lipinski definition) is 2. The third-order valence-corrected chi connectivity index (χ3v) is 2.94. The van der Waals surface area contributed by atoms with Crippen molar-refractivity contribution < 1.29 is 18.7 Å². The maximum atomic E-state index is 13.6. The summed E-state index contributed by atoms with van der Waals surface area (Å²) in [5.74, 6) is -5.87. The van der Waals surface area contributed by atoms with Crippen LogP contribution < -0.4 is 5.73 Å². The van der Waals surface area contributed by atoms with Crippen LogP contribution in [-0.4, -0.2) is 48.1 Å². The zero-order chi connectivity index (χ0) is 11.6. The Morgan fingerprint density at radius 1 is 1.53 bits per heavy atom. The lowest BCUT2D eigenvalue weighted by Gasteiger charge is -2.35. The van der Waals surface area contributed by atoms with Crippen molar-refractivity contribution >= 4 is 5.97 Å². The molecule has 0 spiro atoms. The third-order valence-electron chi connectivity index (χ3n) is 2.94. The zero-order valence-corrected chi connectivity index (χ0v) is 8.62. The standard InChI is InChI=1S/C9H16F2N2O2/c1-13-4-2-6(3-5-13)9(10,11)7(12)8(14)15/h6-7H,2-5,12H2,1H3,(H,14,15). The minimum atomic E-state index is -3.31. The van der Waals surface area contributed by atoms with E-state index in [1.165, 1.54) is 0 Å². The minimum Gasteiger partial charge on any atom is -0.480 e. The molecule has 88 valence electrons. The molecule has 0 aromatic rings. The van der Waals surface area contributed by atoms with Crippen molar-refractivity contribution in [1.82, 2.24) is 4.90 Å². The van der Waals surface area contributed by atoms with Crippen LogP contribution in [0.4, 0.5) is 8.78 Å². The van der Waals surface area contributed by atoms with Gasteiger partial charge in [-0.3, -0.25) is 4.79 Å². The first-order chi connectivity index (χ1) is 6.85. The molecule has 1 aliphatic rings. The first-order valence-electron chi connectivity index (χ1n) is 4.90. The molecule has 0 bridgehead atoms. The highest BCUT2D eigenvalue weighted by Gasteiger charge is 2.49. The van der Waals surface area contributed by atoms with E-state index in [9.17, 15) is 13.6 Å². The number of hydrogen-bond acceptors (Lipinski definition) is 3. The summed E-state index contributed by atoms with van der Waals surface area (Å²) >= 11 is 0. The Hall–Kier alpha value is -0.750. The molecule has 1 heterocycles. The topological polar surface area (TPSA) is 66.6 Å². The van der Waals surface area contributed by atoms with E-state index in [-0.39, 0.29) is 0 Å². The van der Waals surface area contributed by atoms with E-state index in [0.29, 0.717) is 25.9 Å². The molecule has 0 radical (unpaired) electrons. The van der Waals surface area contributed by atoms with Crippen LogP contribution in [0.2, 0.25) is 0 Å². The summed E-state index contributed by atoms with van der Waals surface area (Å²) in [6.07, 6.45) is 0.592. The normalized spacial score (nSPS) is 22.7. The Morgan fingerprint density at radius 2 is 2.00 bits per heavy atom. The molecule has 0 amide bonds. The average molecular weight is 222 g/mol. The van der Waals surface area contributed by atoms with Gasteiger partial charge < -0.3 is 15.7 Å². The summed E-state index contributed by atoms with van der Waals surface area (Å²) in [7, 11) is 1.85. The summed E-state index contributed by atoms with van der Waals surface area (Å²) < 4.78 is 27.1. The third kappa shape index (κ3) is 2.63. The maximum Gasteiger partial charge on any atom is 0.326 e. The molecule has 3 N–H and O–H groups in total. The Balaban J connectivity index is 2.65. The highest BCUT2D eigenvalue weighted by molar-refractivity contribution is 5.74. The predicted octanol–water partition coefficient (Wildman–Crippen LogP) is 0.375. The molecule has 1 fully saturated rings. The summed E-state index contributed by atoms with van der Waals surface area (Å²) in [4.78, 5) is 12.4. The van der Waals surface area contributed by atoms with Gasteiger partial charge in [0.25, 0.3) is 5.92 Å². The quantitative estimate of drug-likeness (QED) is 0.724. The van der Waals surface area contributed by atoms with Crippen molar-refractivity contribution in [2.24, 2.45) is 11.7 Å². The Labute approximate surface area is 87.0 Å². The first-order valence-corrected chi connectivity index (χ1v) is 4.90. The number of likely N-dealkylation sites (tertiary alicyclic amines) is 1. The Morgan fingerprint density at radius 3 is 2.40 bits per heavy atom. The van der Waals surface area contributed by atoms with Gasteiger partial charge in [0, 0.05) is 5.92 Å². The van der Waals surface area contributed by atoms with Crippen LogP contribution in [0.1, 0.15) is 12.8 Å². The molecule has 4 nitrogen and oxygen atoms in total. The van der Waals surface area contributed by atoms with E-state index in [4.69, 9.17) is 10.8 Å². The molecule has 15 heavy (non-hydrogen) atoms. The second kappa shape index (κ2) is 4.40. The van der Waals surface area contributed by atoms with Crippen molar-refractivity contribution in [3.63, 3.8) is 0 Å². The van der Waals surface area contributed by atoms with Crippen LogP contribution in [0.25, 0.3) is 0 Å². The maximum absolute atomic E-state index is 13.6. The Bertz CT molecular complexity index is 240. The Kier molecular flexibility index (Phi) is 3.62. The molecule has 1 aliphatic heterocycles. The van der Waals surface area contributed by atoms with E-state index < -0.39 is 23.9 Å². The van der Waals surface area contributed by atoms with Crippen LogP contribution in [0.15, 0.2) is 0 Å². The SMILES string of the molecule is CN1CCC(C(F)(F)C(N)C(=O)O)CC1. The molecule has 0 aromatic heterocycles. The predicted molar refractivity (Wildman–Crippen MR) is 50.8 cm³/mol. The van der Waals surface area contributed by atoms with Gasteiger partial charge in [0.15, 0.2) is 6.04 Å². The van der Waals surface area contributed by atoms with Crippen molar-refractivity contribution in [1.29, 1.82) is 0 Å². The number of piperidine rings is 1. The lowest BCUT2D eigenvalue weighted by molar-refractivity contribution is -0.156. The van der Waals surface area contributed by atoms with Gasteiger partial charge in [-0.2, -0.15) is 0 Å². The number of nitrogens with zero attached hydrogens (tertiary/aromatic N) is 1. The van der Waals surface area contributed by atoms with Crippen molar-refractivity contribution in [2.75, 3.05) is 20.1 Å². The smallest absolute Gasteiger partial charge is 0.326 e. The molecule has 1 atom stereocenters. The molecule has 1 unspecified atom stereocenters. The van der Waals surface area contributed by atoms with E-state index in [0.717, 1.165) is 0 Å². The second-order valence-electron chi connectivity index (χ2n) is 4.07. The van der Waals surface area contributed by atoms with Gasteiger partial charge in [0.2, 0.25) is 0 Å².